The maximum atomic E-state index is 14.0. The number of aliphatic carboxylic acids is 1. The van der Waals surface area contributed by atoms with Gasteiger partial charge in [-0.05, 0) is 48.4 Å². The number of carboxylic acid groups (broad SMARTS) is 1. The molecular formula is C19H18F2O3. The molecule has 0 radical (unpaired) electrons. The Balaban J connectivity index is 0.00000100. The van der Waals surface area contributed by atoms with E-state index in [0.29, 0.717) is 16.9 Å². The summed E-state index contributed by atoms with van der Waals surface area (Å²) in [5.41, 5.74) is 1.13. The summed E-state index contributed by atoms with van der Waals surface area (Å²) in [4.78, 5) is 11.2. The topological polar surface area (TPSA) is 46.5 Å². The standard InChI is InChI=1S/C17H12F2O3.C2H6/c18-11-4-5-15(19)13(9-11)12-6-7-22-16-3-1-2-10(17(20)21)8-14(12)16;1-2/h1,3-6,8-9H,2,7H2,(H,20,21);1-2H3. The Bertz CT molecular complexity index is 771. The van der Waals surface area contributed by atoms with E-state index in [0.717, 1.165) is 18.2 Å². The minimum atomic E-state index is -1.05. The van der Waals surface area contributed by atoms with Crippen molar-refractivity contribution in [2.45, 2.75) is 20.3 Å². The lowest BCUT2D eigenvalue weighted by atomic mass is 9.93. The van der Waals surface area contributed by atoms with Gasteiger partial charge in [-0.1, -0.05) is 19.9 Å². The zero-order chi connectivity index (χ0) is 17.7. The van der Waals surface area contributed by atoms with Gasteiger partial charge in [0.2, 0.25) is 0 Å². The summed E-state index contributed by atoms with van der Waals surface area (Å²) in [5, 5.41) is 9.19. The fraction of sp³-hybridized carbons (Fsp3) is 0.211. The maximum absolute atomic E-state index is 14.0. The minimum absolute atomic E-state index is 0.0899. The number of carbonyl (C=O) groups is 1. The Kier molecular flexibility index (Phi) is 5.68. The number of carboxylic acids is 1. The van der Waals surface area contributed by atoms with Crippen LogP contribution in [0.3, 0.4) is 0 Å². The van der Waals surface area contributed by atoms with Crippen molar-refractivity contribution in [1.29, 1.82) is 0 Å². The average Bonchev–Trinajstić information content (AvgIpc) is 2.81. The van der Waals surface area contributed by atoms with E-state index < -0.39 is 17.6 Å². The highest BCUT2D eigenvalue weighted by Gasteiger charge is 2.22. The summed E-state index contributed by atoms with van der Waals surface area (Å²) in [6.07, 6.45) is 6.64. The lowest BCUT2D eigenvalue weighted by molar-refractivity contribution is -0.132. The van der Waals surface area contributed by atoms with Crippen molar-refractivity contribution in [2.24, 2.45) is 0 Å². The highest BCUT2D eigenvalue weighted by atomic mass is 19.1. The van der Waals surface area contributed by atoms with E-state index in [-0.39, 0.29) is 24.2 Å². The van der Waals surface area contributed by atoms with Crippen LogP contribution in [0.25, 0.3) is 5.57 Å². The van der Waals surface area contributed by atoms with Crippen LogP contribution in [0.5, 0.6) is 0 Å². The van der Waals surface area contributed by atoms with Crippen molar-refractivity contribution in [3.05, 3.63) is 76.6 Å². The Hall–Kier alpha value is -2.69. The van der Waals surface area contributed by atoms with E-state index in [9.17, 15) is 18.7 Å². The Morgan fingerprint density at radius 1 is 1.25 bits per heavy atom. The number of rotatable bonds is 2. The summed E-state index contributed by atoms with van der Waals surface area (Å²) >= 11 is 0. The Morgan fingerprint density at radius 2 is 2.00 bits per heavy atom. The molecule has 24 heavy (non-hydrogen) atoms. The third kappa shape index (κ3) is 3.62. The van der Waals surface area contributed by atoms with Crippen LogP contribution in [0.15, 0.2) is 59.4 Å². The van der Waals surface area contributed by atoms with Crippen LogP contribution < -0.4 is 0 Å². The molecule has 2 aliphatic rings. The van der Waals surface area contributed by atoms with Crippen molar-refractivity contribution in [3.63, 3.8) is 0 Å². The molecule has 0 atom stereocenters. The molecule has 1 N–H and O–H groups in total. The molecule has 3 nitrogen and oxygen atoms in total. The van der Waals surface area contributed by atoms with E-state index in [2.05, 4.69) is 0 Å². The van der Waals surface area contributed by atoms with Gasteiger partial charge in [-0.3, -0.25) is 0 Å². The second kappa shape index (κ2) is 7.73. The van der Waals surface area contributed by atoms with Crippen LogP contribution in [0.1, 0.15) is 25.8 Å². The van der Waals surface area contributed by atoms with E-state index in [1.165, 1.54) is 6.08 Å². The van der Waals surface area contributed by atoms with E-state index in [4.69, 9.17) is 4.74 Å². The summed E-state index contributed by atoms with van der Waals surface area (Å²) in [6.45, 7) is 4.21. The molecule has 0 aromatic heterocycles. The molecule has 1 aliphatic heterocycles. The van der Waals surface area contributed by atoms with Gasteiger partial charge >= 0.3 is 5.97 Å². The van der Waals surface area contributed by atoms with Crippen molar-refractivity contribution >= 4 is 11.5 Å². The quantitative estimate of drug-likeness (QED) is 0.859. The maximum Gasteiger partial charge on any atom is 0.331 e. The summed E-state index contributed by atoms with van der Waals surface area (Å²) < 4.78 is 33.0. The largest absolute Gasteiger partial charge is 0.489 e. The van der Waals surface area contributed by atoms with Crippen LogP contribution in [-0.4, -0.2) is 17.7 Å². The molecule has 1 aromatic rings. The van der Waals surface area contributed by atoms with Crippen LogP contribution in [-0.2, 0) is 9.53 Å². The van der Waals surface area contributed by atoms with Crippen molar-refractivity contribution < 1.29 is 23.4 Å². The number of halogens is 2. The van der Waals surface area contributed by atoms with Crippen LogP contribution >= 0.6 is 0 Å². The van der Waals surface area contributed by atoms with Crippen LogP contribution in [0, 0.1) is 11.6 Å². The Labute approximate surface area is 139 Å². The summed E-state index contributed by atoms with van der Waals surface area (Å²) in [6, 6.07) is 3.19. The molecule has 126 valence electrons. The monoisotopic (exact) mass is 332 g/mol. The SMILES string of the molecule is CC.O=C(O)C1=CC2=C(C=CC1)OCC=C2c1cc(F)ccc1F. The highest BCUT2D eigenvalue weighted by molar-refractivity contribution is 5.92. The molecule has 0 amide bonds. The van der Waals surface area contributed by atoms with E-state index >= 15 is 0 Å². The van der Waals surface area contributed by atoms with Gasteiger partial charge in [-0.15, -0.1) is 0 Å². The van der Waals surface area contributed by atoms with Crippen molar-refractivity contribution in [2.75, 3.05) is 6.61 Å². The highest BCUT2D eigenvalue weighted by Crippen LogP contribution is 2.35. The fourth-order valence-corrected chi connectivity index (χ4v) is 2.46. The molecule has 0 spiro atoms. The molecule has 1 heterocycles. The average molecular weight is 332 g/mol. The van der Waals surface area contributed by atoms with E-state index in [1.54, 1.807) is 18.2 Å². The molecule has 0 bridgehead atoms. The molecule has 3 rings (SSSR count). The zero-order valence-electron chi connectivity index (χ0n) is 13.5. The van der Waals surface area contributed by atoms with Gasteiger partial charge in [-0.25, -0.2) is 13.6 Å². The Morgan fingerprint density at radius 3 is 2.71 bits per heavy atom. The second-order valence-corrected chi connectivity index (χ2v) is 4.91. The van der Waals surface area contributed by atoms with Gasteiger partial charge in [0.05, 0.1) is 0 Å². The first-order valence-electron chi connectivity index (χ1n) is 7.69. The van der Waals surface area contributed by atoms with Crippen molar-refractivity contribution in [3.8, 4) is 0 Å². The lowest BCUT2D eigenvalue weighted by Gasteiger charge is -2.19. The summed E-state index contributed by atoms with van der Waals surface area (Å²) in [5.74, 6) is -1.72. The molecule has 1 aromatic carbocycles. The van der Waals surface area contributed by atoms with Gasteiger partial charge in [0.25, 0.3) is 0 Å². The molecule has 0 fully saturated rings. The van der Waals surface area contributed by atoms with E-state index in [1.807, 2.05) is 13.8 Å². The van der Waals surface area contributed by atoms with Gasteiger partial charge < -0.3 is 9.84 Å². The molecule has 1 aliphatic carbocycles. The third-order valence-electron chi connectivity index (χ3n) is 3.50. The van der Waals surface area contributed by atoms with Crippen LogP contribution in [0.4, 0.5) is 8.78 Å². The number of hydrogen-bond donors (Lipinski definition) is 1. The molecule has 0 unspecified atom stereocenters. The van der Waals surface area contributed by atoms with Crippen molar-refractivity contribution in [1.82, 2.24) is 0 Å². The predicted molar refractivity (Wildman–Crippen MR) is 88.1 cm³/mol. The number of benzene rings is 1. The number of allylic oxidation sites excluding steroid dienone is 5. The normalized spacial score (nSPS) is 16.0. The third-order valence-corrected chi connectivity index (χ3v) is 3.50. The lowest BCUT2D eigenvalue weighted by Crippen LogP contribution is -2.07. The number of ether oxygens (including phenoxy) is 1. The van der Waals surface area contributed by atoms with Gasteiger partial charge in [0.15, 0.2) is 0 Å². The molecule has 0 saturated carbocycles. The van der Waals surface area contributed by atoms with Gasteiger partial charge in [0.1, 0.15) is 24.0 Å². The first-order chi connectivity index (χ1) is 11.6. The zero-order valence-corrected chi connectivity index (χ0v) is 13.5. The van der Waals surface area contributed by atoms with Gasteiger partial charge in [0, 0.05) is 16.7 Å². The second-order valence-electron chi connectivity index (χ2n) is 4.91. The first-order valence-corrected chi connectivity index (χ1v) is 7.69. The molecular weight excluding hydrogens is 314 g/mol. The fourth-order valence-electron chi connectivity index (χ4n) is 2.46. The predicted octanol–water partition coefficient (Wildman–Crippen LogP) is 4.63. The minimum Gasteiger partial charge on any atom is -0.489 e. The molecule has 5 heteroatoms. The number of hydrogen-bond acceptors (Lipinski definition) is 2. The smallest absolute Gasteiger partial charge is 0.331 e. The summed E-state index contributed by atoms with van der Waals surface area (Å²) in [7, 11) is 0. The first kappa shape index (κ1) is 17.7. The molecule has 0 saturated heterocycles. The van der Waals surface area contributed by atoms with Crippen LogP contribution in [0.2, 0.25) is 0 Å². The van der Waals surface area contributed by atoms with Gasteiger partial charge in [-0.2, -0.15) is 0 Å².